The summed E-state index contributed by atoms with van der Waals surface area (Å²) in [5.74, 6) is 0.128. The Morgan fingerprint density at radius 3 is 2.62 bits per heavy atom. The molecule has 3 nitrogen and oxygen atoms in total. The van der Waals surface area contributed by atoms with E-state index in [9.17, 15) is 4.79 Å². The summed E-state index contributed by atoms with van der Waals surface area (Å²) in [7, 11) is 1.83. The maximum atomic E-state index is 12.3. The normalized spacial score (nSPS) is 11.6. The SMILES string of the molecule is Cc1ccsc1N(C)C(=O)C(C)(C)CCN. The summed E-state index contributed by atoms with van der Waals surface area (Å²) >= 11 is 1.59. The van der Waals surface area contributed by atoms with Crippen LogP contribution in [0.5, 0.6) is 0 Å². The summed E-state index contributed by atoms with van der Waals surface area (Å²) in [5, 5.41) is 3.03. The van der Waals surface area contributed by atoms with Crippen molar-refractivity contribution in [3.8, 4) is 0 Å². The first-order chi connectivity index (χ1) is 7.40. The van der Waals surface area contributed by atoms with Crippen molar-refractivity contribution in [3.63, 3.8) is 0 Å². The third-order valence-corrected chi connectivity index (χ3v) is 3.88. The lowest BCUT2D eigenvalue weighted by Crippen LogP contribution is -2.39. The minimum atomic E-state index is -0.389. The van der Waals surface area contributed by atoms with Gasteiger partial charge in [-0.3, -0.25) is 4.79 Å². The Balaban J connectivity index is 2.86. The molecule has 0 saturated heterocycles. The quantitative estimate of drug-likeness (QED) is 0.878. The Kier molecular flexibility index (Phi) is 4.10. The predicted molar refractivity (Wildman–Crippen MR) is 69.9 cm³/mol. The Bertz CT molecular complexity index is 371. The molecule has 0 unspecified atom stereocenters. The molecular formula is C12H20N2OS. The molecule has 1 aromatic rings. The van der Waals surface area contributed by atoms with Crippen LogP contribution in [0.4, 0.5) is 5.00 Å². The summed E-state index contributed by atoms with van der Waals surface area (Å²) < 4.78 is 0. The van der Waals surface area contributed by atoms with Gasteiger partial charge in [-0.25, -0.2) is 0 Å². The molecule has 0 aliphatic rings. The molecule has 0 spiro atoms. The average Bonchev–Trinajstić information content (AvgIpc) is 2.62. The standard InChI is InChI=1S/C12H20N2OS/c1-9-5-8-16-10(9)14(4)11(15)12(2,3)6-7-13/h5,8H,6-7,13H2,1-4H3. The van der Waals surface area contributed by atoms with Gasteiger partial charge in [0.1, 0.15) is 5.00 Å². The summed E-state index contributed by atoms with van der Waals surface area (Å²) in [6.45, 7) is 6.45. The minimum absolute atomic E-state index is 0.128. The molecule has 1 rings (SSSR count). The monoisotopic (exact) mass is 240 g/mol. The fourth-order valence-corrected chi connectivity index (χ4v) is 2.62. The average molecular weight is 240 g/mol. The molecule has 0 aromatic carbocycles. The van der Waals surface area contributed by atoms with Crippen LogP contribution in [0, 0.1) is 12.3 Å². The number of hydrogen-bond donors (Lipinski definition) is 1. The van der Waals surface area contributed by atoms with Crippen LogP contribution in [0.3, 0.4) is 0 Å². The second-order valence-electron chi connectivity index (χ2n) is 4.70. The molecule has 1 aromatic heterocycles. The smallest absolute Gasteiger partial charge is 0.233 e. The number of nitrogens with two attached hydrogens (primary N) is 1. The van der Waals surface area contributed by atoms with Crippen LogP contribution in [-0.2, 0) is 4.79 Å². The number of carbonyl (C=O) groups is 1. The molecule has 0 atom stereocenters. The number of aryl methyl sites for hydroxylation is 1. The van der Waals surface area contributed by atoms with Crippen LogP contribution in [0.15, 0.2) is 11.4 Å². The molecule has 1 amide bonds. The van der Waals surface area contributed by atoms with Crippen molar-refractivity contribution < 1.29 is 4.79 Å². The Morgan fingerprint density at radius 2 is 2.19 bits per heavy atom. The van der Waals surface area contributed by atoms with Crippen molar-refractivity contribution in [2.45, 2.75) is 27.2 Å². The zero-order chi connectivity index (χ0) is 12.3. The largest absolute Gasteiger partial charge is 0.330 e. The summed E-state index contributed by atoms with van der Waals surface area (Å²) in [6.07, 6.45) is 0.709. The molecule has 0 saturated carbocycles. The topological polar surface area (TPSA) is 46.3 Å². The first kappa shape index (κ1) is 13.2. The highest BCUT2D eigenvalue weighted by Crippen LogP contribution is 2.30. The zero-order valence-corrected chi connectivity index (χ0v) is 11.2. The molecule has 1 heterocycles. The fraction of sp³-hybridized carbons (Fsp3) is 0.583. The third-order valence-electron chi connectivity index (χ3n) is 2.79. The van der Waals surface area contributed by atoms with Gasteiger partial charge in [-0.05, 0) is 36.9 Å². The van der Waals surface area contributed by atoms with Crippen molar-refractivity contribution in [2.24, 2.45) is 11.1 Å². The lowest BCUT2D eigenvalue weighted by atomic mass is 9.88. The van der Waals surface area contributed by atoms with E-state index in [0.29, 0.717) is 13.0 Å². The van der Waals surface area contributed by atoms with E-state index in [1.165, 1.54) is 0 Å². The van der Waals surface area contributed by atoms with Crippen LogP contribution in [-0.4, -0.2) is 19.5 Å². The minimum Gasteiger partial charge on any atom is -0.330 e. The second-order valence-corrected chi connectivity index (χ2v) is 5.59. The number of hydrogen-bond acceptors (Lipinski definition) is 3. The van der Waals surface area contributed by atoms with Gasteiger partial charge < -0.3 is 10.6 Å². The highest BCUT2D eigenvalue weighted by Gasteiger charge is 2.30. The van der Waals surface area contributed by atoms with E-state index in [4.69, 9.17) is 5.73 Å². The fourth-order valence-electron chi connectivity index (χ4n) is 1.72. The molecule has 0 aliphatic carbocycles. The third kappa shape index (κ3) is 2.62. The number of anilines is 1. The van der Waals surface area contributed by atoms with Crippen molar-refractivity contribution >= 4 is 22.2 Å². The van der Waals surface area contributed by atoms with Crippen LogP contribution < -0.4 is 10.6 Å². The molecule has 2 N–H and O–H groups in total. The molecule has 4 heteroatoms. The van der Waals surface area contributed by atoms with Gasteiger partial charge >= 0.3 is 0 Å². The van der Waals surface area contributed by atoms with E-state index in [1.807, 2.05) is 39.3 Å². The zero-order valence-electron chi connectivity index (χ0n) is 10.4. The number of rotatable bonds is 4. The van der Waals surface area contributed by atoms with Crippen LogP contribution in [0.1, 0.15) is 25.8 Å². The van der Waals surface area contributed by atoms with Gasteiger partial charge in [0.15, 0.2) is 0 Å². The van der Waals surface area contributed by atoms with Crippen LogP contribution in [0.25, 0.3) is 0 Å². The van der Waals surface area contributed by atoms with Gasteiger partial charge in [-0.15, -0.1) is 11.3 Å². The van der Waals surface area contributed by atoms with Gasteiger partial charge in [0, 0.05) is 12.5 Å². The number of nitrogens with zero attached hydrogens (tertiary/aromatic N) is 1. The highest BCUT2D eigenvalue weighted by molar-refractivity contribution is 7.14. The van der Waals surface area contributed by atoms with Crippen molar-refractivity contribution in [2.75, 3.05) is 18.5 Å². The first-order valence-corrected chi connectivity index (χ1v) is 6.30. The summed E-state index contributed by atoms with van der Waals surface area (Å²) in [4.78, 5) is 14.0. The molecule has 0 fully saturated rings. The van der Waals surface area contributed by atoms with E-state index in [0.717, 1.165) is 10.6 Å². The van der Waals surface area contributed by atoms with E-state index in [-0.39, 0.29) is 11.3 Å². The van der Waals surface area contributed by atoms with E-state index in [2.05, 4.69) is 0 Å². The van der Waals surface area contributed by atoms with Gasteiger partial charge in [-0.2, -0.15) is 0 Å². The van der Waals surface area contributed by atoms with Gasteiger partial charge in [0.2, 0.25) is 5.91 Å². The van der Waals surface area contributed by atoms with Gasteiger partial charge in [-0.1, -0.05) is 13.8 Å². The van der Waals surface area contributed by atoms with Crippen molar-refractivity contribution in [1.29, 1.82) is 0 Å². The maximum Gasteiger partial charge on any atom is 0.233 e. The van der Waals surface area contributed by atoms with Crippen molar-refractivity contribution in [3.05, 3.63) is 17.0 Å². The van der Waals surface area contributed by atoms with E-state index >= 15 is 0 Å². The number of amides is 1. The lowest BCUT2D eigenvalue weighted by molar-refractivity contribution is -0.126. The highest BCUT2D eigenvalue weighted by atomic mass is 32.1. The summed E-state index contributed by atoms with van der Waals surface area (Å²) in [6, 6.07) is 2.03. The van der Waals surface area contributed by atoms with Crippen LogP contribution in [0.2, 0.25) is 0 Å². The Morgan fingerprint density at radius 1 is 1.56 bits per heavy atom. The Labute approximate surface area is 101 Å². The van der Waals surface area contributed by atoms with E-state index < -0.39 is 0 Å². The molecule has 16 heavy (non-hydrogen) atoms. The summed E-state index contributed by atoms with van der Waals surface area (Å²) in [5.41, 5.74) is 6.29. The first-order valence-electron chi connectivity index (χ1n) is 5.42. The van der Waals surface area contributed by atoms with E-state index in [1.54, 1.807) is 16.2 Å². The second kappa shape index (κ2) is 4.97. The number of carbonyl (C=O) groups excluding carboxylic acids is 1. The molecule has 90 valence electrons. The lowest BCUT2D eigenvalue weighted by Gasteiger charge is -2.28. The molecular weight excluding hydrogens is 220 g/mol. The number of thiophene rings is 1. The maximum absolute atomic E-state index is 12.3. The van der Waals surface area contributed by atoms with Gasteiger partial charge in [0.05, 0.1) is 0 Å². The molecule has 0 radical (unpaired) electrons. The Hall–Kier alpha value is -0.870. The van der Waals surface area contributed by atoms with Crippen LogP contribution >= 0.6 is 11.3 Å². The predicted octanol–water partition coefficient (Wildman–Crippen LogP) is 2.39. The molecule has 0 aliphatic heterocycles. The molecule has 0 bridgehead atoms. The van der Waals surface area contributed by atoms with Crippen molar-refractivity contribution in [1.82, 2.24) is 0 Å². The van der Waals surface area contributed by atoms with Gasteiger partial charge in [0.25, 0.3) is 0 Å².